The van der Waals surface area contributed by atoms with Crippen molar-refractivity contribution in [1.82, 2.24) is 0 Å². The van der Waals surface area contributed by atoms with Crippen LogP contribution in [-0.2, 0) is 6.42 Å². The number of quaternary nitrogens is 1. The molecule has 2 aliphatic heterocycles. The summed E-state index contributed by atoms with van der Waals surface area (Å²) in [6.45, 7) is 0.949. The van der Waals surface area contributed by atoms with Gasteiger partial charge in [-0.05, 0) is 23.8 Å². The van der Waals surface area contributed by atoms with Gasteiger partial charge in [0.15, 0.2) is 17.3 Å². The van der Waals surface area contributed by atoms with Gasteiger partial charge in [0, 0.05) is 12.0 Å². The molecule has 2 heterocycles. The van der Waals surface area contributed by atoms with Crippen molar-refractivity contribution < 1.29 is 32.7 Å². The standard InChI is InChI=1S/C22H23FNO5/c1-24(2)7-6-14-9-19-21(29-12-28-19)22(27-3)20(14)17(24)10-18(26)15-5-4-13(11-25)8-16(15)23/h4-5,8-9,11,17H,6-7,10,12H2,1-3H3/q+1. The number of halogens is 1. The Hall–Kier alpha value is -2.93. The molecule has 1 atom stereocenters. The van der Waals surface area contributed by atoms with E-state index in [0.29, 0.717) is 28.0 Å². The maximum Gasteiger partial charge on any atom is 0.231 e. The number of methoxy groups -OCH3 is 1. The minimum Gasteiger partial charge on any atom is -0.492 e. The number of rotatable bonds is 5. The number of Topliss-reactive ketones (excluding diaryl/α,β-unsaturated/α-hetero) is 1. The summed E-state index contributed by atoms with van der Waals surface area (Å²) in [5, 5.41) is 0. The molecule has 152 valence electrons. The number of likely N-dealkylation sites (N-methyl/N-ethyl adjacent to an activating group) is 1. The molecule has 2 aromatic carbocycles. The predicted molar refractivity (Wildman–Crippen MR) is 103 cm³/mol. The van der Waals surface area contributed by atoms with Gasteiger partial charge in [0.1, 0.15) is 18.1 Å². The van der Waals surface area contributed by atoms with Crippen LogP contribution < -0.4 is 14.2 Å². The normalized spacial score (nSPS) is 18.8. The lowest BCUT2D eigenvalue weighted by Gasteiger charge is -2.43. The van der Waals surface area contributed by atoms with E-state index in [4.69, 9.17) is 14.2 Å². The number of aldehydes is 1. The fourth-order valence-electron chi connectivity index (χ4n) is 4.23. The van der Waals surface area contributed by atoms with Crippen LogP contribution in [0.15, 0.2) is 24.3 Å². The van der Waals surface area contributed by atoms with Crippen LogP contribution in [-0.4, -0.2) is 51.1 Å². The van der Waals surface area contributed by atoms with E-state index in [1.54, 1.807) is 7.11 Å². The molecule has 0 bridgehead atoms. The monoisotopic (exact) mass is 400 g/mol. The first-order valence-corrected chi connectivity index (χ1v) is 9.45. The number of ether oxygens (including phenoxy) is 3. The predicted octanol–water partition coefficient (Wildman–Crippen LogP) is 3.32. The molecule has 0 saturated carbocycles. The quantitative estimate of drug-likeness (QED) is 0.438. The molecule has 0 radical (unpaired) electrons. The smallest absolute Gasteiger partial charge is 0.231 e. The van der Waals surface area contributed by atoms with Gasteiger partial charge < -0.3 is 18.7 Å². The Morgan fingerprint density at radius 2 is 2.10 bits per heavy atom. The summed E-state index contributed by atoms with van der Waals surface area (Å²) in [6.07, 6.45) is 1.47. The number of carbonyl (C=O) groups excluding carboxylic acids is 2. The molecule has 0 spiro atoms. The maximum atomic E-state index is 14.4. The molecular weight excluding hydrogens is 377 g/mol. The number of carbonyl (C=O) groups is 2. The molecule has 0 saturated heterocycles. The van der Waals surface area contributed by atoms with Crippen molar-refractivity contribution in [2.24, 2.45) is 0 Å². The van der Waals surface area contributed by atoms with E-state index in [0.717, 1.165) is 30.2 Å². The van der Waals surface area contributed by atoms with Crippen LogP contribution in [0.1, 0.15) is 44.3 Å². The third kappa shape index (κ3) is 3.25. The van der Waals surface area contributed by atoms with Gasteiger partial charge >= 0.3 is 0 Å². The van der Waals surface area contributed by atoms with E-state index in [2.05, 4.69) is 14.1 Å². The molecule has 7 heteroatoms. The number of nitrogens with zero attached hydrogens (tertiary/aromatic N) is 1. The van der Waals surface area contributed by atoms with E-state index in [9.17, 15) is 14.0 Å². The Morgan fingerprint density at radius 1 is 1.31 bits per heavy atom. The first kappa shape index (κ1) is 19.4. The largest absolute Gasteiger partial charge is 0.492 e. The Labute approximate surface area is 168 Å². The SMILES string of the molecule is COc1c2c(cc3c1C(CC(=O)c1ccc(C=O)cc1F)[N+](C)(C)CC3)OCO2. The zero-order valence-corrected chi connectivity index (χ0v) is 16.7. The Bertz CT molecular complexity index is 1000. The second kappa shape index (κ2) is 7.15. The van der Waals surface area contributed by atoms with Crippen molar-refractivity contribution in [3.8, 4) is 17.2 Å². The van der Waals surface area contributed by atoms with E-state index in [1.165, 1.54) is 12.1 Å². The second-order valence-electron chi connectivity index (χ2n) is 7.97. The second-order valence-corrected chi connectivity index (χ2v) is 7.97. The highest BCUT2D eigenvalue weighted by molar-refractivity contribution is 5.97. The molecule has 0 aromatic heterocycles. The molecule has 4 rings (SSSR count). The van der Waals surface area contributed by atoms with Gasteiger partial charge in [-0.15, -0.1) is 0 Å². The van der Waals surface area contributed by atoms with Gasteiger partial charge in [-0.3, -0.25) is 9.59 Å². The Kier molecular flexibility index (Phi) is 4.78. The summed E-state index contributed by atoms with van der Waals surface area (Å²) in [5.74, 6) is 0.776. The van der Waals surface area contributed by atoms with Crippen LogP contribution in [0.25, 0.3) is 0 Å². The summed E-state index contributed by atoms with van der Waals surface area (Å²) in [7, 11) is 5.68. The van der Waals surface area contributed by atoms with E-state index in [1.807, 2.05) is 6.07 Å². The fraction of sp³-hybridized carbons (Fsp3) is 0.364. The van der Waals surface area contributed by atoms with Crippen molar-refractivity contribution in [2.75, 3.05) is 34.5 Å². The molecular formula is C22H23FNO5+. The average molecular weight is 400 g/mol. The van der Waals surface area contributed by atoms with Crippen LogP contribution in [0.3, 0.4) is 0 Å². The lowest BCUT2D eigenvalue weighted by atomic mass is 9.85. The number of ketones is 1. The van der Waals surface area contributed by atoms with Crippen LogP contribution in [0.4, 0.5) is 4.39 Å². The van der Waals surface area contributed by atoms with Gasteiger partial charge in [-0.25, -0.2) is 4.39 Å². The minimum absolute atomic E-state index is 0.0116. The van der Waals surface area contributed by atoms with Crippen LogP contribution in [0.2, 0.25) is 0 Å². The molecule has 29 heavy (non-hydrogen) atoms. The maximum absolute atomic E-state index is 14.4. The van der Waals surface area contributed by atoms with Gasteiger partial charge in [0.2, 0.25) is 12.5 Å². The van der Waals surface area contributed by atoms with Gasteiger partial charge in [0.25, 0.3) is 0 Å². The molecule has 0 aliphatic carbocycles. The summed E-state index contributed by atoms with van der Waals surface area (Å²) in [4.78, 5) is 23.9. The number of hydrogen-bond donors (Lipinski definition) is 0. The lowest BCUT2D eigenvalue weighted by molar-refractivity contribution is -0.922. The van der Waals surface area contributed by atoms with E-state index < -0.39 is 5.82 Å². The molecule has 6 nitrogen and oxygen atoms in total. The zero-order valence-electron chi connectivity index (χ0n) is 16.7. The van der Waals surface area contributed by atoms with Crippen LogP contribution in [0.5, 0.6) is 17.2 Å². The molecule has 1 unspecified atom stereocenters. The molecule has 2 aromatic rings. The fourth-order valence-corrected chi connectivity index (χ4v) is 4.23. The number of hydrogen-bond acceptors (Lipinski definition) is 5. The van der Waals surface area contributed by atoms with Crippen LogP contribution >= 0.6 is 0 Å². The molecule has 0 amide bonds. The van der Waals surface area contributed by atoms with Gasteiger partial charge in [-0.2, -0.15) is 0 Å². The van der Waals surface area contributed by atoms with Crippen molar-refractivity contribution in [3.63, 3.8) is 0 Å². The topological polar surface area (TPSA) is 61.8 Å². The highest BCUT2D eigenvalue weighted by atomic mass is 19.1. The Morgan fingerprint density at radius 3 is 2.79 bits per heavy atom. The van der Waals surface area contributed by atoms with Crippen LogP contribution in [0, 0.1) is 5.82 Å². The van der Waals surface area contributed by atoms with Crippen molar-refractivity contribution >= 4 is 12.1 Å². The third-order valence-electron chi connectivity index (χ3n) is 5.89. The molecule has 0 N–H and O–H groups in total. The molecule has 2 aliphatic rings. The van der Waals surface area contributed by atoms with E-state index >= 15 is 0 Å². The lowest BCUT2D eigenvalue weighted by Crippen LogP contribution is -2.48. The summed E-state index contributed by atoms with van der Waals surface area (Å²) < 4.78 is 31.8. The first-order valence-electron chi connectivity index (χ1n) is 9.45. The van der Waals surface area contributed by atoms with Gasteiger partial charge in [-0.1, -0.05) is 6.07 Å². The zero-order chi connectivity index (χ0) is 20.8. The van der Waals surface area contributed by atoms with Gasteiger partial charge in [0.05, 0.1) is 45.3 Å². The highest BCUT2D eigenvalue weighted by Crippen LogP contribution is 2.51. The molecule has 0 fully saturated rings. The van der Waals surface area contributed by atoms with E-state index in [-0.39, 0.29) is 36.2 Å². The van der Waals surface area contributed by atoms with Crippen molar-refractivity contribution in [2.45, 2.75) is 18.9 Å². The number of benzene rings is 2. The minimum atomic E-state index is -0.682. The highest BCUT2D eigenvalue weighted by Gasteiger charge is 2.42. The summed E-state index contributed by atoms with van der Waals surface area (Å²) in [5.41, 5.74) is 2.15. The van der Waals surface area contributed by atoms with Crippen molar-refractivity contribution in [1.29, 1.82) is 0 Å². The summed E-state index contributed by atoms with van der Waals surface area (Å²) >= 11 is 0. The first-order chi connectivity index (χ1) is 13.9. The number of fused-ring (bicyclic) bond motifs is 2. The Balaban J connectivity index is 1.76. The third-order valence-corrected chi connectivity index (χ3v) is 5.89. The van der Waals surface area contributed by atoms with Crippen molar-refractivity contribution in [3.05, 3.63) is 52.3 Å². The summed E-state index contributed by atoms with van der Waals surface area (Å²) in [6, 6.07) is 5.64. The average Bonchev–Trinajstić information content (AvgIpc) is 3.16.